The number of carbonyl (C=O) groups excluding carboxylic acids is 1. The highest BCUT2D eigenvalue weighted by atomic mass is 16.5. The maximum Gasteiger partial charge on any atom is 0.331 e. The normalized spacial score (nSPS) is 20.1. The van der Waals surface area contributed by atoms with E-state index in [1.807, 2.05) is 47.4 Å². The summed E-state index contributed by atoms with van der Waals surface area (Å²) in [6, 6.07) is 16.4. The van der Waals surface area contributed by atoms with Crippen molar-refractivity contribution < 1.29 is 14.6 Å². The minimum atomic E-state index is -0.374. The Morgan fingerprint density at radius 1 is 1.14 bits per heavy atom. The molecule has 0 aromatic heterocycles. The Morgan fingerprint density at radius 3 is 2.48 bits per heavy atom. The van der Waals surface area contributed by atoms with Crippen LogP contribution < -0.4 is 4.90 Å². The highest BCUT2D eigenvalue weighted by Gasteiger charge is 2.55. The molecule has 108 valence electrons. The molecule has 21 heavy (non-hydrogen) atoms. The quantitative estimate of drug-likeness (QED) is 0.692. The number of esters is 1. The van der Waals surface area contributed by atoms with Gasteiger partial charge in [0, 0.05) is 0 Å². The fraction of sp³-hybridized carbons (Fsp3) is 0.235. The molecule has 0 radical (unpaired) electrons. The van der Waals surface area contributed by atoms with Crippen LogP contribution >= 0.6 is 0 Å². The molecule has 0 unspecified atom stereocenters. The Bertz CT molecular complexity index is 641. The zero-order chi connectivity index (χ0) is 14.8. The molecule has 1 heterocycles. The molecule has 1 N–H and O–H groups in total. The lowest BCUT2D eigenvalue weighted by Crippen LogP contribution is -2.16. The van der Waals surface area contributed by atoms with Gasteiger partial charge in [-0.15, -0.1) is 0 Å². The number of hydrogen-bond acceptors (Lipinski definition) is 4. The van der Waals surface area contributed by atoms with Gasteiger partial charge in [-0.2, -0.15) is 0 Å². The third-order valence-corrected chi connectivity index (χ3v) is 3.64. The first kappa shape index (κ1) is 13.5. The molecular formula is C17H17NO3. The van der Waals surface area contributed by atoms with Gasteiger partial charge in [-0.05, 0) is 24.6 Å². The Morgan fingerprint density at radius 2 is 1.81 bits per heavy atom. The van der Waals surface area contributed by atoms with Gasteiger partial charge in [0.1, 0.15) is 5.75 Å². The molecule has 3 rings (SSSR count). The van der Waals surface area contributed by atoms with Crippen molar-refractivity contribution in [3.8, 4) is 5.75 Å². The molecule has 1 aliphatic rings. The van der Waals surface area contributed by atoms with Gasteiger partial charge in [-0.25, -0.2) is 4.79 Å². The Balaban J connectivity index is 1.94. The largest absolute Gasteiger partial charge is 0.506 e. The molecule has 4 heteroatoms. The van der Waals surface area contributed by atoms with Gasteiger partial charge in [0.25, 0.3) is 0 Å². The number of ether oxygens (including phenoxy) is 1. The lowest BCUT2D eigenvalue weighted by atomic mass is 10.1. The van der Waals surface area contributed by atoms with Crippen LogP contribution in [0.4, 0.5) is 5.69 Å². The molecule has 1 fully saturated rings. The van der Waals surface area contributed by atoms with Crippen LogP contribution in [-0.2, 0) is 9.53 Å². The summed E-state index contributed by atoms with van der Waals surface area (Å²) < 4.78 is 5.15. The van der Waals surface area contributed by atoms with Crippen molar-refractivity contribution >= 4 is 11.7 Å². The van der Waals surface area contributed by atoms with Gasteiger partial charge < -0.3 is 14.7 Å². The molecule has 0 saturated carbocycles. The predicted molar refractivity (Wildman–Crippen MR) is 80.2 cm³/mol. The van der Waals surface area contributed by atoms with Crippen LogP contribution in [0, 0.1) is 0 Å². The van der Waals surface area contributed by atoms with Crippen molar-refractivity contribution in [2.75, 3.05) is 11.5 Å². The van der Waals surface area contributed by atoms with E-state index in [0.29, 0.717) is 12.3 Å². The van der Waals surface area contributed by atoms with E-state index >= 15 is 0 Å². The van der Waals surface area contributed by atoms with E-state index in [2.05, 4.69) is 0 Å². The van der Waals surface area contributed by atoms with Crippen molar-refractivity contribution in [2.45, 2.75) is 19.0 Å². The first-order chi connectivity index (χ1) is 10.2. The third-order valence-electron chi connectivity index (χ3n) is 3.64. The van der Waals surface area contributed by atoms with Crippen LogP contribution in [0.25, 0.3) is 0 Å². The fourth-order valence-electron chi connectivity index (χ4n) is 2.68. The monoisotopic (exact) mass is 283 g/mol. The minimum absolute atomic E-state index is 0.0847. The standard InChI is InChI=1S/C17H17NO3/c1-2-21-17(20)16-15(12-8-4-3-5-9-12)18(16)13-10-6-7-11-14(13)19/h3-11,15-16,19H,2H2,1H3/t15-,16-,18?/m0/s1. The molecule has 2 aromatic rings. The van der Waals surface area contributed by atoms with E-state index in [-0.39, 0.29) is 23.8 Å². The smallest absolute Gasteiger partial charge is 0.331 e. The van der Waals surface area contributed by atoms with Crippen molar-refractivity contribution in [1.29, 1.82) is 0 Å². The SMILES string of the molecule is CCOC(=O)[C@@H]1[C@H](c2ccccc2)N1c1ccccc1O. The summed E-state index contributed by atoms with van der Waals surface area (Å²) in [5.74, 6) is -0.0835. The molecule has 1 aliphatic heterocycles. The van der Waals surface area contributed by atoms with Crippen LogP contribution in [0.1, 0.15) is 18.5 Å². The average molecular weight is 283 g/mol. The van der Waals surface area contributed by atoms with Crippen LogP contribution in [0.15, 0.2) is 54.6 Å². The number of nitrogens with zero attached hydrogens (tertiary/aromatic N) is 1. The lowest BCUT2D eigenvalue weighted by Gasteiger charge is -2.08. The fourth-order valence-corrected chi connectivity index (χ4v) is 2.68. The van der Waals surface area contributed by atoms with E-state index in [0.717, 1.165) is 5.56 Å². The molecule has 2 aromatic carbocycles. The number of carbonyl (C=O) groups is 1. The number of rotatable bonds is 4. The summed E-state index contributed by atoms with van der Waals surface area (Å²) >= 11 is 0. The minimum Gasteiger partial charge on any atom is -0.506 e. The number of phenolic OH excluding ortho intramolecular Hbond substituents is 1. The van der Waals surface area contributed by atoms with Gasteiger partial charge in [0.2, 0.25) is 0 Å². The van der Waals surface area contributed by atoms with Gasteiger partial charge >= 0.3 is 5.97 Å². The molecule has 0 bridgehead atoms. The van der Waals surface area contributed by atoms with Crippen molar-refractivity contribution in [3.05, 3.63) is 60.2 Å². The highest BCUT2D eigenvalue weighted by molar-refractivity contribution is 5.90. The molecule has 0 amide bonds. The number of anilines is 1. The second-order valence-electron chi connectivity index (χ2n) is 4.95. The van der Waals surface area contributed by atoms with E-state index < -0.39 is 0 Å². The summed E-state index contributed by atoms with van der Waals surface area (Å²) in [4.78, 5) is 14.0. The average Bonchev–Trinajstić information content (AvgIpc) is 3.24. The highest BCUT2D eigenvalue weighted by Crippen LogP contribution is 2.50. The van der Waals surface area contributed by atoms with Gasteiger partial charge in [0.15, 0.2) is 6.04 Å². The summed E-state index contributed by atoms with van der Waals surface area (Å²) in [5.41, 5.74) is 1.70. The molecule has 0 aliphatic carbocycles. The number of aromatic hydroxyl groups is 1. The van der Waals surface area contributed by atoms with Gasteiger partial charge in [-0.1, -0.05) is 42.5 Å². The third kappa shape index (κ3) is 2.44. The number of hydrogen-bond donors (Lipinski definition) is 1. The van der Waals surface area contributed by atoms with Crippen LogP contribution in [0.3, 0.4) is 0 Å². The first-order valence-electron chi connectivity index (χ1n) is 7.02. The second kappa shape index (κ2) is 5.48. The van der Waals surface area contributed by atoms with Crippen molar-refractivity contribution in [3.63, 3.8) is 0 Å². The second-order valence-corrected chi connectivity index (χ2v) is 4.95. The topological polar surface area (TPSA) is 49.5 Å². The van der Waals surface area contributed by atoms with E-state index in [9.17, 15) is 9.90 Å². The van der Waals surface area contributed by atoms with Gasteiger partial charge in [-0.3, -0.25) is 0 Å². The van der Waals surface area contributed by atoms with Crippen LogP contribution in [0.5, 0.6) is 5.75 Å². The predicted octanol–water partition coefficient (Wildman–Crippen LogP) is 2.89. The molecule has 1 saturated heterocycles. The zero-order valence-electron chi connectivity index (χ0n) is 11.8. The maximum absolute atomic E-state index is 12.1. The van der Waals surface area contributed by atoms with Crippen molar-refractivity contribution in [2.24, 2.45) is 0 Å². The first-order valence-corrected chi connectivity index (χ1v) is 7.02. The van der Waals surface area contributed by atoms with Crippen LogP contribution in [0.2, 0.25) is 0 Å². The number of phenols is 1. The number of benzene rings is 2. The van der Waals surface area contributed by atoms with Crippen LogP contribution in [-0.4, -0.2) is 23.7 Å². The van der Waals surface area contributed by atoms with E-state index in [4.69, 9.17) is 4.74 Å². The summed E-state index contributed by atoms with van der Waals surface area (Å²) in [7, 11) is 0. The summed E-state index contributed by atoms with van der Waals surface area (Å²) in [6.07, 6.45) is 0. The Labute approximate surface area is 123 Å². The maximum atomic E-state index is 12.1. The van der Waals surface area contributed by atoms with E-state index in [1.54, 1.807) is 19.1 Å². The van der Waals surface area contributed by atoms with E-state index in [1.165, 1.54) is 0 Å². The van der Waals surface area contributed by atoms with Gasteiger partial charge in [0.05, 0.1) is 18.3 Å². The number of para-hydroxylation sites is 2. The molecule has 2 atom stereocenters. The molecular weight excluding hydrogens is 266 g/mol. The molecule has 0 spiro atoms. The Kier molecular flexibility index (Phi) is 3.52. The summed E-state index contributed by atoms with van der Waals surface area (Å²) in [6.45, 7) is 2.15. The molecule has 4 nitrogen and oxygen atoms in total. The summed E-state index contributed by atoms with van der Waals surface area (Å²) in [5, 5.41) is 10.0. The lowest BCUT2D eigenvalue weighted by molar-refractivity contribution is -0.142. The Hall–Kier alpha value is -2.49. The van der Waals surface area contributed by atoms with Crippen molar-refractivity contribution in [1.82, 2.24) is 0 Å². The zero-order valence-corrected chi connectivity index (χ0v) is 11.8.